The number of carbonyl (C=O) groups is 1. The van der Waals surface area contributed by atoms with Gasteiger partial charge in [0.15, 0.2) is 0 Å². The summed E-state index contributed by atoms with van der Waals surface area (Å²) in [6, 6.07) is 0. The molecule has 0 saturated carbocycles. The second kappa shape index (κ2) is 5.56. The van der Waals surface area contributed by atoms with Crippen molar-refractivity contribution in [1.82, 2.24) is 0 Å². The topological polar surface area (TPSA) is 17.1 Å². The molecule has 0 fully saturated rings. The van der Waals surface area contributed by atoms with Crippen molar-refractivity contribution in [2.24, 2.45) is 0 Å². The summed E-state index contributed by atoms with van der Waals surface area (Å²) in [5.41, 5.74) is 3.18. The maximum atomic E-state index is 9.85. The predicted octanol–water partition coefficient (Wildman–Crippen LogP) is 2.18. The number of hydrogen-bond donors (Lipinski definition) is 0. The lowest BCUT2D eigenvalue weighted by Crippen LogP contribution is -2.16. The van der Waals surface area contributed by atoms with Crippen LogP contribution in [0.3, 0.4) is 0 Å². The molecule has 0 aromatic carbocycles. The van der Waals surface area contributed by atoms with E-state index in [0.717, 1.165) is 6.29 Å². The zero-order valence-electron chi connectivity index (χ0n) is 7.79. The van der Waals surface area contributed by atoms with Crippen molar-refractivity contribution in [2.75, 3.05) is 0 Å². The minimum absolute atomic E-state index is 0.746. The average molecular weight is 178 g/mol. The summed E-state index contributed by atoms with van der Waals surface area (Å²) in [6.07, 6.45) is 7.38. The van der Waals surface area contributed by atoms with Crippen LogP contribution < -0.4 is 0 Å². The van der Waals surface area contributed by atoms with E-state index in [1.807, 2.05) is 0 Å². The van der Waals surface area contributed by atoms with Gasteiger partial charge in [0.2, 0.25) is 0 Å². The Morgan fingerprint density at radius 3 is 2.25 bits per heavy atom. The fourth-order valence-electron chi connectivity index (χ4n) is 0.471. The number of allylic oxidation sites excluding steroid dienone is 4. The maximum absolute atomic E-state index is 9.85. The Hall–Kier alpha value is -1.07. The second-order valence-corrected chi connectivity index (χ2v) is 8.15. The quantitative estimate of drug-likeness (QED) is 0.208. The van der Waals surface area contributed by atoms with Gasteiger partial charge in [-0.2, -0.15) is 0 Å². The average Bonchev–Trinajstić information content (AvgIpc) is 1.94. The molecule has 0 heterocycles. The Balaban J connectivity index is 3.94. The first-order valence-electron chi connectivity index (χ1n) is 3.86. The molecule has 0 radical (unpaired) electrons. The van der Waals surface area contributed by atoms with Crippen molar-refractivity contribution in [3.63, 3.8) is 0 Å². The molecule has 1 nitrogen and oxygen atoms in total. The molecule has 0 aromatic rings. The van der Waals surface area contributed by atoms with E-state index in [-0.39, 0.29) is 0 Å². The van der Waals surface area contributed by atoms with Crippen LogP contribution in [-0.2, 0) is 4.79 Å². The van der Waals surface area contributed by atoms with Crippen molar-refractivity contribution >= 4 is 14.4 Å². The molecule has 0 amide bonds. The molecule has 0 bridgehead atoms. The van der Waals surface area contributed by atoms with Gasteiger partial charge in [-0.1, -0.05) is 37.7 Å². The molecule has 0 aliphatic heterocycles. The summed E-state index contributed by atoms with van der Waals surface area (Å²) in [7, 11) is -1.23. The standard InChI is InChI=1S/C10H14OSi/c1-12(2,3)10-8-6-4-5-7-9-11/h4-7,9H,1-3H3/b6-4+,7-5+. The highest BCUT2D eigenvalue weighted by molar-refractivity contribution is 6.83. The van der Waals surface area contributed by atoms with Crippen LogP contribution in [0, 0.1) is 11.5 Å². The van der Waals surface area contributed by atoms with Gasteiger partial charge in [-0.05, 0) is 12.2 Å². The molecule has 0 unspecified atom stereocenters. The van der Waals surface area contributed by atoms with Gasteiger partial charge in [0.1, 0.15) is 14.4 Å². The van der Waals surface area contributed by atoms with Crippen molar-refractivity contribution < 1.29 is 4.79 Å². The van der Waals surface area contributed by atoms with Gasteiger partial charge in [0.05, 0.1) is 0 Å². The number of aldehydes is 1. The second-order valence-electron chi connectivity index (χ2n) is 3.40. The number of hydrogen-bond acceptors (Lipinski definition) is 1. The predicted molar refractivity (Wildman–Crippen MR) is 55.5 cm³/mol. The molecule has 2 heteroatoms. The largest absolute Gasteiger partial charge is 0.299 e. The summed E-state index contributed by atoms with van der Waals surface area (Å²) in [6.45, 7) is 6.57. The Labute approximate surface area is 75.2 Å². The molecule has 0 rings (SSSR count). The van der Waals surface area contributed by atoms with Crippen LogP contribution in [0.15, 0.2) is 24.3 Å². The minimum atomic E-state index is -1.23. The third-order valence-electron chi connectivity index (χ3n) is 0.928. The highest BCUT2D eigenvalue weighted by Gasteiger charge is 2.06. The Morgan fingerprint density at radius 1 is 1.08 bits per heavy atom. The zero-order valence-corrected chi connectivity index (χ0v) is 8.79. The van der Waals surface area contributed by atoms with Crippen molar-refractivity contribution in [3.05, 3.63) is 24.3 Å². The summed E-state index contributed by atoms with van der Waals surface area (Å²) < 4.78 is 0. The molecule has 0 N–H and O–H groups in total. The summed E-state index contributed by atoms with van der Waals surface area (Å²) >= 11 is 0. The van der Waals surface area contributed by atoms with Gasteiger partial charge < -0.3 is 0 Å². The van der Waals surface area contributed by atoms with E-state index >= 15 is 0 Å². The minimum Gasteiger partial charge on any atom is -0.299 e. The van der Waals surface area contributed by atoms with Crippen LogP contribution >= 0.6 is 0 Å². The third-order valence-corrected chi connectivity index (χ3v) is 1.82. The van der Waals surface area contributed by atoms with E-state index < -0.39 is 8.07 Å². The lowest BCUT2D eigenvalue weighted by molar-refractivity contribution is -0.104. The van der Waals surface area contributed by atoms with Crippen LogP contribution in [0.5, 0.6) is 0 Å². The van der Waals surface area contributed by atoms with E-state index in [9.17, 15) is 4.79 Å². The molecule has 0 saturated heterocycles. The van der Waals surface area contributed by atoms with Gasteiger partial charge in [0.25, 0.3) is 0 Å². The Morgan fingerprint density at radius 2 is 1.75 bits per heavy atom. The molecule has 0 atom stereocenters. The Bertz CT molecular complexity index is 245. The van der Waals surface area contributed by atoms with E-state index in [2.05, 4.69) is 31.1 Å². The smallest absolute Gasteiger partial charge is 0.142 e. The molecule has 0 aromatic heterocycles. The first kappa shape index (κ1) is 10.9. The van der Waals surface area contributed by atoms with Crippen LogP contribution in [0.2, 0.25) is 19.6 Å². The zero-order chi connectivity index (χ0) is 9.45. The summed E-state index contributed by atoms with van der Waals surface area (Å²) in [5, 5.41) is 0. The maximum Gasteiger partial charge on any atom is 0.142 e. The molecule has 0 spiro atoms. The molecular weight excluding hydrogens is 164 g/mol. The molecular formula is C10H14OSi. The van der Waals surface area contributed by atoms with E-state index in [4.69, 9.17) is 0 Å². The third kappa shape index (κ3) is 8.93. The fraction of sp³-hybridized carbons (Fsp3) is 0.300. The lowest BCUT2D eigenvalue weighted by atomic mass is 10.4. The summed E-state index contributed by atoms with van der Waals surface area (Å²) in [4.78, 5) is 9.85. The Kier molecular flexibility index (Phi) is 5.06. The first-order valence-corrected chi connectivity index (χ1v) is 7.36. The normalized spacial score (nSPS) is 11.6. The van der Waals surface area contributed by atoms with Gasteiger partial charge >= 0.3 is 0 Å². The van der Waals surface area contributed by atoms with Crippen LogP contribution in [-0.4, -0.2) is 14.4 Å². The summed E-state index contributed by atoms with van der Waals surface area (Å²) in [5.74, 6) is 2.95. The number of rotatable bonds is 2. The van der Waals surface area contributed by atoms with Gasteiger partial charge in [-0.15, -0.1) is 5.54 Å². The van der Waals surface area contributed by atoms with Crippen molar-refractivity contribution in [2.45, 2.75) is 19.6 Å². The van der Waals surface area contributed by atoms with Gasteiger partial charge in [-0.3, -0.25) is 4.79 Å². The highest BCUT2D eigenvalue weighted by atomic mass is 28.3. The SMILES string of the molecule is C[Si](C)(C)C#C/C=C/C=C/C=O. The van der Waals surface area contributed by atoms with Crippen molar-refractivity contribution in [1.29, 1.82) is 0 Å². The van der Waals surface area contributed by atoms with Crippen molar-refractivity contribution in [3.8, 4) is 11.5 Å². The molecule has 0 aliphatic carbocycles. The van der Waals surface area contributed by atoms with Crippen LogP contribution in [0.25, 0.3) is 0 Å². The van der Waals surface area contributed by atoms with E-state index in [1.54, 1.807) is 18.2 Å². The number of carbonyl (C=O) groups excluding carboxylic acids is 1. The molecule has 12 heavy (non-hydrogen) atoms. The molecule has 64 valence electrons. The first-order chi connectivity index (χ1) is 5.56. The van der Waals surface area contributed by atoms with Crippen LogP contribution in [0.4, 0.5) is 0 Å². The molecule has 0 aliphatic rings. The van der Waals surface area contributed by atoms with Gasteiger partial charge in [-0.25, -0.2) is 0 Å². The van der Waals surface area contributed by atoms with E-state index in [1.165, 1.54) is 6.08 Å². The monoisotopic (exact) mass is 178 g/mol. The lowest BCUT2D eigenvalue weighted by Gasteiger charge is -2.01. The van der Waals surface area contributed by atoms with E-state index in [0.29, 0.717) is 0 Å². The fourth-order valence-corrected chi connectivity index (χ4v) is 0.988. The van der Waals surface area contributed by atoms with Gasteiger partial charge in [0, 0.05) is 0 Å². The highest BCUT2D eigenvalue weighted by Crippen LogP contribution is 1.95. The van der Waals surface area contributed by atoms with Crippen LogP contribution in [0.1, 0.15) is 0 Å².